The van der Waals surface area contributed by atoms with E-state index in [-0.39, 0.29) is 23.6 Å². The highest BCUT2D eigenvalue weighted by atomic mass is 35.5. The SMILES string of the molecule is Cc1cccc(-c2c(OCc3ccc(Cl)cc3)ccc(-c3cc(C(F)(F)F)nn3C)c2O)c1. The highest BCUT2D eigenvalue weighted by molar-refractivity contribution is 6.30. The summed E-state index contributed by atoms with van der Waals surface area (Å²) in [5, 5.41) is 15.4. The second kappa shape index (κ2) is 8.83. The number of phenols is 1. The fourth-order valence-electron chi connectivity index (χ4n) is 3.58. The van der Waals surface area contributed by atoms with Crippen molar-refractivity contribution in [1.82, 2.24) is 9.78 Å². The molecule has 0 aliphatic rings. The second-order valence-corrected chi connectivity index (χ2v) is 8.09. The van der Waals surface area contributed by atoms with E-state index in [9.17, 15) is 18.3 Å². The predicted molar refractivity (Wildman–Crippen MR) is 121 cm³/mol. The molecule has 0 radical (unpaired) electrons. The van der Waals surface area contributed by atoms with Crippen LogP contribution in [0.4, 0.5) is 13.2 Å². The van der Waals surface area contributed by atoms with Crippen molar-refractivity contribution in [1.29, 1.82) is 0 Å². The minimum absolute atomic E-state index is 0.137. The first-order valence-corrected chi connectivity index (χ1v) is 10.4. The van der Waals surface area contributed by atoms with E-state index in [1.54, 1.807) is 18.2 Å². The molecule has 0 saturated carbocycles. The highest BCUT2D eigenvalue weighted by Crippen LogP contribution is 2.45. The van der Waals surface area contributed by atoms with Crippen molar-refractivity contribution in [3.05, 3.63) is 88.6 Å². The number of nitrogens with zero attached hydrogens (tertiary/aromatic N) is 2. The summed E-state index contributed by atoms with van der Waals surface area (Å²) in [6.07, 6.45) is -4.59. The van der Waals surface area contributed by atoms with Gasteiger partial charge in [-0.25, -0.2) is 0 Å². The van der Waals surface area contributed by atoms with Crippen molar-refractivity contribution < 1.29 is 23.0 Å². The molecule has 4 rings (SSSR count). The van der Waals surface area contributed by atoms with Gasteiger partial charge in [0.25, 0.3) is 0 Å². The summed E-state index contributed by atoms with van der Waals surface area (Å²) >= 11 is 5.94. The number of benzene rings is 3. The molecule has 33 heavy (non-hydrogen) atoms. The van der Waals surface area contributed by atoms with Crippen molar-refractivity contribution in [2.24, 2.45) is 7.05 Å². The van der Waals surface area contributed by atoms with Gasteiger partial charge in [-0.1, -0.05) is 53.6 Å². The summed E-state index contributed by atoms with van der Waals surface area (Å²) in [6, 6.07) is 18.7. The standard InChI is InChI=1S/C25H20ClF3N2O2/c1-15-4-3-5-17(12-15)23-21(33-14-16-6-8-18(26)9-7-16)11-10-19(24(23)32)20-13-22(25(27,28)29)30-31(20)2/h3-13,32H,14H2,1-2H3. The number of halogens is 4. The molecule has 1 aromatic heterocycles. The molecule has 0 spiro atoms. The Kier molecular flexibility index (Phi) is 6.08. The number of phenolic OH excluding ortho intramolecular Hbond substituents is 1. The third-order valence-electron chi connectivity index (χ3n) is 5.20. The fraction of sp³-hybridized carbons (Fsp3) is 0.160. The Labute approximate surface area is 193 Å². The monoisotopic (exact) mass is 472 g/mol. The molecule has 170 valence electrons. The maximum absolute atomic E-state index is 13.2. The van der Waals surface area contributed by atoms with Crippen LogP contribution in [0.1, 0.15) is 16.8 Å². The van der Waals surface area contributed by atoms with E-state index in [2.05, 4.69) is 5.10 Å². The van der Waals surface area contributed by atoms with Gasteiger partial charge in [-0.15, -0.1) is 0 Å². The third-order valence-corrected chi connectivity index (χ3v) is 5.45. The van der Waals surface area contributed by atoms with Crippen LogP contribution in [-0.2, 0) is 19.8 Å². The normalized spacial score (nSPS) is 11.6. The van der Waals surface area contributed by atoms with Gasteiger partial charge in [0.05, 0.1) is 11.3 Å². The van der Waals surface area contributed by atoms with Gasteiger partial charge in [0, 0.05) is 17.6 Å². The van der Waals surface area contributed by atoms with Crippen molar-refractivity contribution in [3.63, 3.8) is 0 Å². The van der Waals surface area contributed by atoms with E-state index < -0.39 is 11.9 Å². The zero-order valence-corrected chi connectivity index (χ0v) is 18.6. The van der Waals surface area contributed by atoms with Crippen molar-refractivity contribution in [2.75, 3.05) is 0 Å². The van der Waals surface area contributed by atoms with E-state index in [0.717, 1.165) is 21.9 Å². The zero-order valence-electron chi connectivity index (χ0n) is 17.8. The molecule has 0 saturated heterocycles. The Balaban J connectivity index is 1.81. The van der Waals surface area contributed by atoms with Crippen LogP contribution in [-0.4, -0.2) is 14.9 Å². The van der Waals surface area contributed by atoms with Crippen LogP contribution >= 0.6 is 11.6 Å². The van der Waals surface area contributed by atoms with Gasteiger partial charge in [0.15, 0.2) is 5.69 Å². The van der Waals surface area contributed by atoms with E-state index in [0.29, 0.717) is 21.9 Å². The molecule has 1 N–H and O–H groups in total. The van der Waals surface area contributed by atoms with Crippen molar-refractivity contribution in [2.45, 2.75) is 19.7 Å². The molecule has 0 amide bonds. The molecule has 0 fully saturated rings. The molecule has 0 aliphatic heterocycles. The van der Waals surface area contributed by atoms with Crippen LogP contribution < -0.4 is 4.74 Å². The van der Waals surface area contributed by atoms with Gasteiger partial charge in [0.2, 0.25) is 0 Å². The van der Waals surface area contributed by atoms with Crippen LogP contribution in [0.5, 0.6) is 11.5 Å². The Morgan fingerprint density at radius 1 is 1.03 bits per heavy atom. The number of alkyl halides is 3. The molecule has 0 bridgehead atoms. The molecule has 0 aliphatic carbocycles. The average Bonchev–Trinajstić information content (AvgIpc) is 3.15. The molecule has 1 heterocycles. The van der Waals surface area contributed by atoms with Crippen LogP contribution in [0.25, 0.3) is 22.4 Å². The zero-order chi connectivity index (χ0) is 23.8. The highest BCUT2D eigenvalue weighted by Gasteiger charge is 2.35. The lowest BCUT2D eigenvalue weighted by Crippen LogP contribution is -2.06. The number of hydrogen-bond donors (Lipinski definition) is 1. The lowest BCUT2D eigenvalue weighted by molar-refractivity contribution is -0.141. The first-order valence-electron chi connectivity index (χ1n) is 10.1. The van der Waals surface area contributed by atoms with Crippen LogP contribution in [0.15, 0.2) is 66.7 Å². The first-order chi connectivity index (χ1) is 15.6. The summed E-state index contributed by atoms with van der Waals surface area (Å²) in [5.74, 6) is 0.209. The third kappa shape index (κ3) is 4.83. The predicted octanol–water partition coefficient (Wildman–Crippen LogP) is 7.02. The van der Waals surface area contributed by atoms with Gasteiger partial charge >= 0.3 is 6.18 Å². The maximum atomic E-state index is 13.2. The van der Waals surface area contributed by atoms with Gasteiger partial charge < -0.3 is 9.84 Å². The molecular formula is C25H20ClF3N2O2. The van der Waals surface area contributed by atoms with E-state index in [1.165, 1.54) is 13.1 Å². The molecule has 0 unspecified atom stereocenters. The topological polar surface area (TPSA) is 47.3 Å². The smallest absolute Gasteiger partial charge is 0.435 e. The first kappa shape index (κ1) is 22.7. The summed E-state index contributed by atoms with van der Waals surface area (Å²) in [6.45, 7) is 2.13. The fourth-order valence-corrected chi connectivity index (χ4v) is 3.70. The number of aromatic nitrogens is 2. The summed E-state index contributed by atoms with van der Waals surface area (Å²) in [7, 11) is 1.40. The summed E-state index contributed by atoms with van der Waals surface area (Å²) in [5.41, 5.74) is 2.23. The van der Waals surface area contributed by atoms with E-state index in [1.807, 2.05) is 43.3 Å². The minimum atomic E-state index is -4.59. The van der Waals surface area contributed by atoms with Gasteiger partial charge in [-0.3, -0.25) is 4.68 Å². The van der Waals surface area contributed by atoms with Crippen molar-refractivity contribution >= 4 is 11.6 Å². The lowest BCUT2D eigenvalue weighted by atomic mass is 9.97. The van der Waals surface area contributed by atoms with E-state index >= 15 is 0 Å². The Bertz CT molecular complexity index is 1300. The Morgan fingerprint density at radius 2 is 1.76 bits per heavy atom. The molecule has 8 heteroatoms. The van der Waals surface area contributed by atoms with Gasteiger partial charge in [0.1, 0.15) is 18.1 Å². The Morgan fingerprint density at radius 3 is 2.39 bits per heavy atom. The molecule has 4 nitrogen and oxygen atoms in total. The van der Waals surface area contributed by atoms with Crippen LogP contribution in [0, 0.1) is 6.92 Å². The van der Waals surface area contributed by atoms with Crippen LogP contribution in [0.2, 0.25) is 5.02 Å². The number of aromatic hydroxyl groups is 1. The minimum Gasteiger partial charge on any atom is -0.506 e. The number of rotatable bonds is 5. The molecule has 3 aromatic carbocycles. The average molecular weight is 473 g/mol. The largest absolute Gasteiger partial charge is 0.506 e. The number of aryl methyl sites for hydroxylation is 2. The van der Waals surface area contributed by atoms with Gasteiger partial charge in [-0.05, 0) is 48.4 Å². The Hall–Kier alpha value is -3.45. The molecule has 0 atom stereocenters. The second-order valence-electron chi connectivity index (χ2n) is 7.66. The maximum Gasteiger partial charge on any atom is 0.435 e. The number of ether oxygens (including phenoxy) is 1. The van der Waals surface area contributed by atoms with Gasteiger partial charge in [-0.2, -0.15) is 18.3 Å². The summed E-state index contributed by atoms with van der Waals surface area (Å²) in [4.78, 5) is 0. The van der Waals surface area contributed by atoms with Crippen molar-refractivity contribution in [3.8, 4) is 33.9 Å². The molecular weight excluding hydrogens is 453 g/mol. The summed E-state index contributed by atoms with van der Waals surface area (Å²) < 4.78 is 46.6. The number of hydrogen-bond acceptors (Lipinski definition) is 3. The van der Waals surface area contributed by atoms with E-state index in [4.69, 9.17) is 16.3 Å². The quantitative estimate of drug-likeness (QED) is 0.339. The molecule has 4 aromatic rings. The lowest BCUT2D eigenvalue weighted by Gasteiger charge is -2.17. The van der Waals surface area contributed by atoms with Crippen LogP contribution in [0.3, 0.4) is 0 Å².